The van der Waals surface area contributed by atoms with Gasteiger partial charge in [-0.1, -0.05) is 35.4 Å². The monoisotopic (exact) mass is 269 g/mol. The van der Waals surface area contributed by atoms with Crippen LogP contribution in [-0.4, -0.2) is 9.97 Å². The SMILES string of the molecule is Cc1ccc2nc(-c3cccc(Cl)c3)nc(N)c2c1. The quantitative estimate of drug-likeness (QED) is 0.730. The Morgan fingerprint density at radius 1 is 1.05 bits per heavy atom. The van der Waals surface area contributed by atoms with Crippen molar-refractivity contribution in [3.8, 4) is 11.4 Å². The fraction of sp³-hybridized carbons (Fsp3) is 0.0667. The van der Waals surface area contributed by atoms with Crippen LogP contribution in [0.25, 0.3) is 22.3 Å². The van der Waals surface area contributed by atoms with Crippen molar-refractivity contribution in [2.75, 3.05) is 5.73 Å². The molecule has 94 valence electrons. The molecule has 3 nitrogen and oxygen atoms in total. The Kier molecular flexibility index (Phi) is 2.84. The van der Waals surface area contributed by atoms with Crippen LogP contribution in [0.5, 0.6) is 0 Å². The number of aryl methyl sites for hydroxylation is 1. The summed E-state index contributed by atoms with van der Waals surface area (Å²) in [6, 6.07) is 13.4. The van der Waals surface area contributed by atoms with Crippen LogP contribution < -0.4 is 5.73 Å². The van der Waals surface area contributed by atoms with Crippen molar-refractivity contribution in [2.24, 2.45) is 0 Å². The van der Waals surface area contributed by atoms with Gasteiger partial charge in [0, 0.05) is 16.0 Å². The van der Waals surface area contributed by atoms with E-state index in [1.807, 2.05) is 49.4 Å². The van der Waals surface area contributed by atoms with Crippen LogP contribution in [0.1, 0.15) is 5.56 Å². The molecule has 0 unspecified atom stereocenters. The van der Waals surface area contributed by atoms with Gasteiger partial charge in [0.1, 0.15) is 5.82 Å². The molecule has 0 saturated heterocycles. The number of hydrogen-bond donors (Lipinski definition) is 1. The summed E-state index contributed by atoms with van der Waals surface area (Å²) in [6.07, 6.45) is 0. The summed E-state index contributed by atoms with van der Waals surface area (Å²) in [5, 5.41) is 1.54. The lowest BCUT2D eigenvalue weighted by atomic mass is 10.1. The van der Waals surface area contributed by atoms with Crippen molar-refractivity contribution in [2.45, 2.75) is 6.92 Å². The molecule has 0 spiro atoms. The van der Waals surface area contributed by atoms with Crippen molar-refractivity contribution in [3.63, 3.8) is 0 Å². The standard InChI is InChI=1S/C15H12ClN3/c1-9-5-6-13-12(7-9)14(17)19-15(18-13)10-3-2-4-11(16)8-10/h2-8H,1H3,(H2,17,18,19). The van der Waals surface area contributed by atoms with Gasteiger partial charge in [-0.25, -0.2) is 9.97 Å². The predicted octanol–water partition coefficient (Wildman–Crippen LogP) is 3.84. The number of hydrogen-bond acceptors (Lipinski definition) is 3. The second-order valence-electron chi connectivity index (χ2n) is 4.46. The first-order valence-electron chi connectivity index (χ1n) is 5.93. The Morgan fingerprint density at radius 3 is 2.68 bits per heavy atom. The number of halogens is 1. The Bertz CT molecular complexity index is 768. The van der Waals surface area contributed by atoms with Crippen LogP contribution in [0.2, 0.25) is 5.02 Å². The number of fused-ring (bicyclic) bond motifs is 1. The minimum atomic E-state index is 0.490. The first-order chi connectivity index (χ1) is 9.13. The normalized spacial score (nSPS) is 10.8. The van der Waals surface area contributed by atoms with Gasteiger partial charge in [-0.15, -0.1) is 0 Å². The third-order valence-corrected chi connectivity index (χ3v) is 3.20. The van der Waals surface area contributed by atoms with Crippen molar-refractivity contribution in [3.05, 3.63) is 53.1 Å². The second kappa shape index (κ2) is 4.52. The van der Waals surface area contributed by atoms with Crippen molar-refractivity contribution >= 4 is 28.3 Å². The number of nitrogens with two attached hydrogens (primary N) is 1. The summed E-state index contributed by atoms with van der Waals surface area (Å²) in [7, 11) is 0. The maximum atomic E-state index is 6.02. The summed E-state index contributed by atoms with van der Waals surface area (Å²) in [6.45, 7) is 2.02. The van der Waals surface area contributed by atoms with Gasteiger partial charge in [-0.2, -0.15) is 0 Å². The first-order valence-corrected chi connectivity index (χ1v) is 6.31. The fourth-order valence-electron chi connectivity index (χ4n) is 2.02. The Hall–Kier alpha value is -2.13. The van der Waals surface area contributed by atoms with Crippen LogP contribution in [0.15, 0.2) is 42.5 Å². The highest BCUT2D eigenvalue weighted by atomic mass is 35.5. The summed E-state index contributed by atoms with van der Waals surface area (Å²) in [5.74, 6) is 1.08. The molecule has 3 rings (SSSR count). The van der Waals surface area contributed by atoms with Gasteiger partial charge in [0.25, 0.3) is 0 Å². The van der Waals surface area contributed by atoms with E-state index in [0.29, 0.717) is 16.7 Å². The first kappa shape index (κ1) is 11.9. The van der Waals surface area contributed by atoms with E-state index in [2.05, 4.69) is 9.97 Å². The van der Waals surface area contributed by atoms with E-state index in [9.17, 15) is 0 Å². The molecular weight excluding hydrogens is 258 g/mol. The average molecular weight is 270 g/mol. The molecule has 0 bridgehead atoms. The molecule has 0 fully saturated rings. The fourth-order valence-corrected chi connectivity index (χ4v) is 2.21. The zero-order valence-electron chi connectivity index (χ0n) is 10.4. The van der Waals surface area contributed by atoms with Gasteiger partial charge in [0.2, 0.25) is 0 Å². The van der Waals surface area contributed by atoms with Gasteiger partial charge < -0.3 is 5.73 Å². The number of benzene rings is 2. The predicted molar refractivity (Wildman–Crippen MR) is 79.1 cm³/mol. The molecule has 0 saturated carbocycles. The van der Waals surface area contributed by atoms with Crippen LogP contribution >= 0.6 is 11.6 Å². The molecule has 0 atom stereocenters. The summed E-state index contributed by atoms with van der Waals surface area (Å²) < 4.78 is 0. The molecule has 2 N–H and O–H groups in total. The number of aromatic nitrogens is 2. The highest BCUT2D eigenvalue weighted by Crippen LogP contribution is 2.25. The van der Waals surface area contributed by atoms with E-state index < -0.39 is 0 Å². The number of nitrogen functional groups attached to an aromatic ring is 1. The number of rotatable bonds is 1. The minimum absolute atomic E-state index is 0.490. The molecule has 19 heavy (non-hydrogen) atoms. The van der Waals surface area contributed by atoms with Gasteiger partial charge in [-0.05, 0) is 31.2 Å². The van der Waals surface area contributed by atoms with Gasteiger partial charge in [0.15, 0.2) is 5.82 Å². The second-order valence-corrected chi connectivity index (χ2v) is 4.90. The van der Waals surface area contributed by atoms with Gasteiger partial charge in [-0.3, -0.25) is 0 Å². The molecule has 0 aliphatic carbocycles. The Morgan fingerprint density at radius 2 is 1.89 bits per heavy atom. The van der Waals surface area contributed by atoms with E-state index >= 15 is 0 Å². The highest BCUT2D eigenvalue weighted by Gasteiger charge is 2.07. The van der Waals surface area contributed by atoms with Crippen LogP contribution in [0.3, 0.4) is 0 Å². The molecule has 1 heterocycles. The van der Waals surface area contributed by atoms with E-state index in [1.54, 1.807) is 0 Å². The van der Waals surface area contributed by atoms with Crippen molar-refractivity contribution in [1.29, 1.82) is 0 Å². The number of nitrogens with zero attached hydrogens (tertiary/aromatic N) is 2. The summed E-state index contributed by atoms with van der Waals surface area (Å²) >= 11 is 5.99. The van der Waals surface area contributed by atoms with E-state index in [0.717, 1.165) is 22.0 Å². The smallest absolute Gasteiger partial charge is 0.162 e. The van der Waals surface area contributed by atoms with Crippen LogP contribution in [0, 0.1) is 6.92 Å². The lowest BCUT2D eigenvalue weighted by Gasteiger charge is -2.06. The molecule has 0 aliphatic rings. The van der Waals surface area contributed by atoms with Gasteiger partial charge >= 0.3 is 0 Å². The number of anilines is 1. The Balaban J connectivity index is 2.24. The Labute approximate surface area is 116 Å². The maximum Gasteiger partial charge on any atom is 0.162 e. The molecule has 4 heteroatoms. The summed E-state index contributed by atoms with van der Waals surface area (Å²) in [4.78, 5) is 8.90. The molecule has 0 amide bonds. The van der Waals surface area contributed by atoms with Gasteiger partial charge in [0.05, 0.1) is 5.52 Å². The van der Waals surface area contributed by atoms with Crippen molar-refractivity contribution < 1.29 is 0 Å². The van der Waals surface area contributed by atoms with E-state index in [-0.39, 0.29) is 0 Å². The van der Waals surface area contributed by atoms with E-state index in [4.69, 9.17) is 17.3 Å². The minimum Gasteiger partial charge on any atom is -0.383 e. The lowest BCUT2D eigenvalue weighted by Crippen LogP contribution is -1.98. The largest absolute Gasteiger partial charge is 0.383 e. The van der Waals surface area contributed by atoms with Crippen molar-refractivity contribution in [1.82, 2.24) is 9.97 Å². The average Bonchev–Trinajstić information content (AvgIpc) is 2.39. The molecule has 3 aromatic rings. The summed E-state index contributed by atoms with van der Waals surface area (Å²) in [5.41, 5.74) is 8.86. The van der Waals surface area contributed by atoms with Crippen LogP contribution in [-0.2, 0) is 0 Å². The lowest BCUT2D eigenvalue weighted by molar-refractivity contribution is 1.23. The maximum absolute atomic E-state index is 6.02. The highest BCUT2D eigenvalue weighted by molar-refractivity contribution is 6.30. The topological polar surface area (TPSA) is 51.8 Å². The third-order valence-electron chi connectivity index (χ3n) is 2.96. The van der Waals surface area contributed by atoms with Crippen LogP contribution in [0.4, 0.5) is 5.82 Å². The molecule has 2 aromatic carbocycles. The molecule has 0 aliphatic heterocycles. The molecular formula is C15H12ClN3. The van der Waals surface area contributed by atoms with E-state index in [1.165, 1.54) is 0 Å². The third kappa shape index (κ3) is 2.25. The molecule has 0 radical (unpaired) electrons. The molecule has 1 aromatic heterocycles. The zero-order chi connectivity index (χ0) is 13.4. The zero-order valence-corrected chi connectivity index (χ0v) is 11.1.